The molecule has 1 heterocycles. The van der Waals surface area contributed by atoms with Crippen LogP contribution in [0.5, 0.6) is 28.7 Å². The molecule has 0 amide bonds. The fraction of sp³-hybridized carbons (Fsp3) is 0.0870. The van der Waals surface area contributed by atoms with Gasteiger partial charge in [-0.15, -0.1) is 0 Å². The Balaban J connectivity index is 1.49. The molecule has 4 aromatic rings. The summed E-state index contributed by atoms with van der Waals surface area (Å²) in [5, 5.41) is 18.1. The molecule has 4 rings (SSSR count). The summed E-state index contributed by atoms with van der Waals surface area (Å²) >= 11 is 5.90. The molecule has 0 fully saturated rings. The molecule has 1 aromatic heterocycles. The molecular formula is C23H19ClN2O4. The maximum absolute atomic E-state index is 10.5. The number of hydrogen-bond donors (Lipinski definition) is 2. The Kier molecular flexibility index (Phi) is 5.77. The predicted molar refractivity (Wildman–Crippen MR) is 115 cm³/mol. The third-order valence-electron chi connectivity index (χ3n) is 4.45. The molecule has 0 saturated carbocycles. The second-order valence-corrected chi connectivity index (χ2v) is 6.92. The van der Waals surface area contributed by atoms with Crippen molar-refractivity contribution in [2.45, 2.75) is 6.61 Å². The minimum absolute atomic E-state index is 0.0486. The van der Waals surface area contributed by atoms with Gasteiger partial charge in [-0.05, 0) is 54.1 Å². The van der Waals surface area contributed by atoms with E-state index < -0.39 is 0 Å². The number of aromatic hydroxyl groups is 1. The topological polar surface area (TPSA) is 76.6 Å². The summed E-state index contributed by atoms with van der Waals surface area (Å²) in [6.45, 7) is 0.367. The number of nitrogens with zero attached hydrogens (tertiary/aromatic N) is 1. The fourth-order valence-electron chi connectivity index (χ4n) is 2.88. The van der Waals surface area contributed by atoms with Gasteiger partial charge in [0.05, 0.1) is 13.3 Å². The number of nitrogens with one attached hydrogen (secondary N) is 1. The zero-order valence-electron chi connectivity index (χ0n) is 16.1. The van der Waals surface area contributed by atoms with Crippen LogP contribution in [0.3, 0.4) is 0 Å². The van der Waals surface area contributed by atoms with Crippen LogP contribution in [-0.4, -0.2) is 22.4 Å². The molecule has 0 aliphatic rings. The van der Waals surface area contributed by atoms with Crippen LogP contribution < -0.4 is 14.2 Å². The largest absolute Gasteiger partial charge is 0.507 e. The number of halogens is 1. The van der Waals surface area contributed by atoms with Crippen LogP contribution in [0.4, 0.5) is 0 Å². The summed E-state index contributed by atoms with van der Waals surface area (Å²) in [5.41, 5.74) is 2.09. The Morgan fingerprint density at radius 1 is 0.933 bits per heavy atom. The van der Waals surface area contributed by atoms with Crippen molar-refractivity contribution in [3.63, 3.8) is 0 Å². The Morgan fingerprint density at radius 3 is 2.33 bits per heavy atom. The van der Waals surface area contributed by atoms with Crippen LogP contribution in [0.2, 0.25) is 5.02 Å². The Hall–Kier alpha value is -3.64. The lowest BCUT2D eigenvalue weighted by Gasteiger charge is -2.11. The van der Waals surface area contributed by atoms with Crippen LogP contribution in [0, 0.1) is 0 Å². The van der Waals surface area contributed by atoms with Crippen LogP contribution >= 0.6 is 11.6 Å². The Labute approximate surface area is 178 Å². The zero-order valence-corrected chi connectivity index (χ0v) is 16.9. The van der Waals surface area contributed by atoms with Gasteiger partial charge in [0.15, 0.2) is 5.75 Å². The smallest absolute Gasteiger partial charge is 0.173 e. The van der Waals surface area contributed by atoms with Gasteiger partial charge in [-0.25, -0.2) is 0 Å². The number of aromatic amines is 1. The maximum atomic E-state index is 10.5. The third kappa shape index (κ3) is 4.50. The van der Waals surface area contributed by atoms with Crippen molar-refractivity contribution in [3.8, 4) is 40.0 Å². The van der Waals surface area contributed by atoms with E-state index in [1.54, 1.807) is 55.8 Å². The average molecular weight is 423 g/mol. The van der Waals surface area contributed by atoms with Gasteiger partial charge in [0.25, 0.3) is 0 Å². The second-order valence-electron chi connectivity index (χ2n) is 6.48. The van der Waals surface area contributed by atoms with Crippen molar-refractivity contribution in [3.05, 3.63) is 83.5 Å². The van der Waals surface area contributed by atoms with Gasteiger partial charge >= 0.3 is 0 Å². The van der Waals surface area contributed by atoms with Crippen LogP contribution in [0.15, 0.2) is 72.9 Å². The SMILES string of the molecule is COc1ccc(Oc2cn[nH]c2-c2ccc(OCc3ccc(Cl)cc3)cc2O)cc1. The Bertz CT molecular complexity index is 1120. The summed E-state index contributed by atoms with van der Waals surface area (Å²) < 4.78 is 16.8. The number of phenols is 1. The van der Waals surface area contributed by atoms with E-state index in [0.717, 1.165) is 11.3 Å². The van der Waals surface area contributed by atoms with Crippen molar-refractivity contribution in [1.29, 1.82) is 0 Å². The van der Waals surface area contributed by atoms with Gasteiger partial charge in [-0.3, -0.25) is 5.10 Å². The van der Waals surface area contributed by atoms with Crippen LogP contribution in [0.1, 0.15) is 5.56 Å². The summed E-state index contributed by atoms with van der Waals surface area (Å²) in [7, 11) is 1.61. The summed E-state index contributed by atoms with van der Waals surface area (Å²) in [5.74, 6) is 2.45. The van der Waals surface area contributed by atoms with Crippen molar-refractivity contribution in [1.82, 2.24) is 10.2 Å². The first-order chi connectivity index (χ1) is 14.6. The highest BCUT2D eigenvalue weighted by atomic mass is 35.5. The van der Waals surface area contributed by atoms with E-state index in [0.29, 0.717) is 40.1 Å². The lowest BCUT2D eigenvalue weighted by Crippen LogP contribution is -1.95. The van der Waals surface area contributed by atoms with Crippen molar-refractivity contribution in [2.24, 2.45) is 0 Å². The molecular weight excluding hydrogens is 404 g/mol. The lowest BCUT2D eigenvalue weighted by molar-refractivity contribution is 0.304. The average Bonchev–Trinajstić information content (AvgIpc) is 3.22. The summed E-state index contributed by atoms with van der Waals surface area (Å²) in [4.78, 5) is 0. The molecule has 3 aromatic carbocycles. The first-order valence-corrected chi connectivity index (χ1v) is 9.56. The molecule has 0 bridgehead atoms. The molecule has 0 aliphatic heterocycles. The van der Waals surface area contributed by atoms with Gasteiger partial charge in [-0.1, -0.05) is 23.7 Å². The van der Waals surface area contributed by atoms with E-state index in [1.807, 2.05) is 24.3 Å². The third-order valence-corrected chi connectivity index (χ3v) is 4.70. The first kappa shape index (κ1) is 19.7. The molecule has 0 spiro atoms. The van der Waals surface area contributed by atoms with E-state index in [1.165, 1.54) is 0 Å². The van der Waals surface area contributed by atoms with E-state index in [2.05, 4.69) is 10.2 Å². The molecule has 6 nitrogen and oxygen atoms in total. The second kappa shape index (κ2) is 8.80. The number of benzene rings is 3. The van der Waals surface area contributed by atoms with E-state index in [-0.39, 0.29) is 5.75 Å². The number of ether oxygens (including phenoxy) is 3. The Morgan fingerprint density at radius 2 is 1.63 bits per heavy atom. The zero-order chi connectivity index (χ0) is 20.9. The molecule has 30 heavy (non-hydrogen) atoms. The molecule has 0 unspecified atom stereocenters. The highest BCUT2D eigenvalue weighted by molar-refractivity contribution is 6.30. The molecule has 0 aliphatic carbocycles. The van der Waals surface area contributed by atoms with Gasteiger partial charge in [-0.2, -0.15) is 5.10 Å². The van der Waals surface area contributed by atoms with Crippen molar-refractivity contribution < 1.29 is 19.3 Å². The lowest BCUT2D eigenvalue weighted by atomic mass is 10.1. The maximum Gasteiger partial charge on any atom is 0.173 e. The first-order valence-electron chi connectivity index (χ1n) is 9.18. The minimum Gasteiger partial charge on any atom is -0.507 e. The predicted octanol–water partition coefficient (Wildman–Crippen LogP) is 5.82. The van der Waals surface area contributed by atoms with Gasteiger partial charge in [0.2, 0.25) is 0 Å². The molecule has 7 heteroatoms. The van der Waals surface area contributed by atoms with Crippen molar-refractivity contribution >= 4 is 11.6 Å². The molecule has 0 saturated heterocycles. The molecule has 152 valence electrons. The summed E-state index contributed by atoms with van der Waals surface area (Å²) in [6, 6.07) is 19.7. The minimum atomic E-state index is 0.0486. The van der Waals surface area contributed by atoms with Gasteiger partial charge in [0.1, 0.15) is 35.3 Å². The quantitative estimate of drug-likeness (QED) is 0.392. The number of H-pyrrole nitrogens is 1. The van der Waals surface area contributed by atoms with E-state index in [4.69, 9.17) is 25.8 Å². The van der Waals surface area contributed by atoms with E-state index >= 15 is 0 Å². The van der Waals surface area contributed by atoms with Crippen LogP contribution in [-0.2, 0) is 6.61 Å². The number of aromatic nitrogens is 2. The molecule has 0 atom stereocenters. The standard InChI is InChI=1S/C23H19ClN2O4/c1-28-17-6-8-18(9-7-17)30-22-13-25-26-23(22)20-11-10-19(12-21(20)27)29-14-15-2-4-16(24)5-3-15/h2-13,27H,14H2,1H3,(H,25,26). The van der Waals surface area contributed by atoms with Gasteiger partial charge < -0.3 is 19.3 Å². The van der Waals surface area contributed by atoms with Gasteiger partial charge in [0, 0.05) is 16.7 Å². The van der Waals surface area contributed by atoms with E-state index in [9.17, 15) is 5.11 Å². The molecule has 0 radical (unpaired) electrons. The highest BCUT2D eigenvalue weighted by Crippen LogP contribution is 2.38. The monoisotopic (exact) mass is 422 g/mol. The summed E-state index contributed by atoms with van der Waals surface area (Å²) in [6.07, 6.45) is 1.56. The number of hydrogen-bond acceptors (Lipinski definition) is 5. The normalized spacial score (nSPS) is 10.6. The fourth-order valence-corrected chi connectivity index (χ4v) is 3.00. The number of methoxy groups -OCH3 is 1. The number of rotatable bonds is 7. The van der Waals surface area contributed by atoms with Crippen LogP contribution in [0.25, 0.3) is 11.3 Å². The number of phenolic OH excluding ortho intramolecular Hbond substituents is 1. The highest BCUT2D eigenvalue weighted by Gasteiger charge is 2.15. The van der Waals surface area contributed by atoms with Crippen molar-refractivity contribution in [2.75, 3.05) is 7.11 Å². The molecule has 2 N–H and O–H groups in total.